The minimum atomic E-state index is -0.979. The fraction of sp³-hybridized carbons (Fsp3) is 0.182. The number of nitrogens with zero attached hydrogens (tertiary/aromatic N) is 4. The number of carbonyl (C=O) groups excluding carboxylic acids is 2. The summed E-state index contributed by atoms with van der Waals surface area (Å²) < 4.78 is 6.94. The third-order valence-electron chi connectivity index (χ3n) is 5.38. The Bertz CT molecular complexity index is 1340. The van der Waals surface area contributed by atoms with E-state index in [-0.39, 0.29) is 5.95 Å². The van der Waals surface area contributed by atoms with Gasteiger partial charge in [0.25, 0.3) is 11.8 Å². The van der Waals surface area contributed by atoms with Crippen LogP contribution in [0.4, 0.5) is 5.95 Å². The maximum atomic E-state index is 12.8. The van der Waals surface area contributed by atoms with E-state index in [1.807, 2.05) is 0 Å². The van der Waals surface area contributed by atoms with Crippen molar-refractivity contribution in [2.75, 3.05) is 25.4 Å². The first-order valence-corrected chi connectivity index (χ1v) is 11.2. The number of nitrogen functional groups attached to an aromatic ring is 1. The van der Waals surface area contributed by atoms with Crippen LogP contribution in [0.15, 0.2) is 55.1 Å². The van der Waals surface area contributed by atoms with Crippen molar-refractivity contribution in [1.29, 1.82) is 0 Å². The van der Waals surface area contributed by atoms with Gasteiger partial charge < -0.3 is 15.8 Å². The number of fused-ring (bicyclic) bond motifs is 1. The predicted octanol–water partition coefficient (Wildman–Crippen LogP) is 1.00. The van der Waals surface area contributed by atoms with Crippen molar-refractivity contribution < 1.29 is 14.3 Å². The molecule has 0 bridgehead atoms. The highest BCUT2D eigenvalue weighted by atomic mass is 32.1. The van der Waals surface area contributed by atoms with Crippen LogP contribution >= 0.6 is 11.3 Å². The standard InChI is InChI=1S/C22H20N8O3S/c23-21-25-9-14(10-26-21)22(11-24-6-7-33-22)18-17-15(27-12-28-18)8-16(34-17)20(32)30-29-19(31)13-4-2-1-3-5-13/h1-5,8-10,12,24H,6-7,11H2,(H,29,31)(H,30,32)(H2,23,25,26). The molecule has 3 aromatic heterocycles. The van der Waals surface area contributed by atoms with Crippen LogP contribution in [0.3, 0.4) is 0 Å². The number of nitrogens with two attached hydrogens (primary N) is 1. The lowest BCUT2D eigenvalue weighted by Gasteiger charge is -2.37. The molecule has 0 aliphatic carbocycles. The molecule has 11 nitrogen and oxygen atoms in total. The third kappa shape index (κ3) is 4.05. The van der Waals surface area contributed by atoms with E-state index in [0.717, 1.165) is 0 Å². The average Bonchev–Trinajstić information content (AvgIpc) is 3.33. The zero-order valence-electron chi connectivity index (χ0n) is 17.8. The molecule has 1 aliphatic heterocycles. The second kappa shape index (κ2) is 9.09. The SMILES string of the molecule is Nc1ncc(C2(c3ncnc4cc(C(=O)NNC(=O)c5ccccc5)sc34)CNCCO2)cn1. The van der Waals surface area contributed by atoms with Gasteiger partial charge in [-0.15, -0.1) is 11.3 Å². The Balaban J connectivity index is 1.46. The fourth-order valence-corrected chi connectivity index (χ4v) is 4.79. The van der Waals surface area contributed by atoms with Crippen molar-refractivity contribution in [3.05, 3.63) is 76.8 Å². The quantitative estimate of drug-likeness (QED) is 0.315. The first kappa shape index (κ1) is 21.8. The van der Waals surface area contributed by atoms with Crippen molar-refractivity contribution in [2.45, 2.75) is 5.60 Å². The third-order valence-corrected chi connectivity index (χ3v) is 6.51. The van der Waals surface area contributed by atoms with Gasteiger partial charge in [-0.3, -0.25) is 20.4 Å². The van der Waals surface area contributed by atoms with E-state index in [1.165, 1.54) is 17.7 Å². The van der Waals surface area contributed by atoms with Crippen LogP contribution in [0.25, 0.3) is 10.2 Å². The van der Waals surface area contributed by atoms with E-state index in [0.29, 0.717) is 51.6 Å². The van der Waals surface area contributed by atoms with Crippen molar-refractivity contribution >= 4 is 39.3 Å². The van der Waals surface area contributed by atoms with Crippen LogP contribution in [0.1, 0.15) is 31.3 Å². The Labute approximate surface area is 197 Å². The summed E-state index contributed by atoms with van der Waals surface area (Å²) in [5.41, 5.74) is 11.9. The molecule has 1 aromatic carbocycles. The molecule has 2 amide bonds. The fourth-order valence-electron chi connectivity index (χ4n) is 3.72. The second-order valence-corrected chi connectivity index (χ2v) is 8.56. The lowest BCUT2D eigenvalue weighted by molar-refractivity contribution is -0.0425. The van der Waals surface area contributed by atoms with Crippen molar-refractivity contribution in [3.8, 4) is 0 Å². The number of carbonyl (C=O) groups is 2. The number of amides is 2. The van der Waals surface area contributed by atoms with Gasteiger partial charge in [-0.1, -0.05) is 18.2 Å². The van der Waals surface area contributed by atoms with Gasteiger partial charge in [-0.25, -0.2) is 19.9 Å². The predicted molar refractivity (Wildman–Crippen MR) is 125 cm³/mol. The Kier molecular flexibility index (Phi) is 5.84. The van der Waals surface area contributed by atoms with Crippen molar-refractivity contribution in [3.63, 3.8) is 0 Å². The minimum Gasteiger partial charge on any atom is -0.368 e. The largest absolute Gasteiger partial charge is 0.368 e. The van der Waals surface area contributed by atoms with E-state index in [9.17, 15) is 9.59 Å². The molecule has 1 aliphatic rings. The molecule has 34 heavy (non-hydrogen) atoms. The van der Waals surface area contributed by atoms with Gasteiger partial charge in [0.15, 0.2) is 5.60 Å². The van der Waals surface area contributed by atoms with E-state index in [4.69, 9.17) is 10.5 Å². The molecular weight excluding hydrogens is 456 g/mol. The number of nitrogens with one attached hydrogen (secondary N) is 3. The summed E-state index contributed by atoms with van der Waals surface area (Å²) >= 11 is 1.21. The van der Waals surface area contributed by atoms with Crippen LogP contribution in [0.2, 0.25) is 0 Å². The molecule has 0 saturated carbocycles. The molecule has 5 N–H and O–H groups in total. The van der Waals surface area contributed by atoms with Crippen LogP contribution in [0.5, 0.6) is 0 Å². The summed E-state index contributed by atoms with van der Waals surface area (Å²) in [7, 11) is 0. The lowest BCUT2D eigenvalue weighted by Crippen LogP contribution is -2.49. The topological polar surface area (TPSA) is 157 Å². The van der Waals surface area contributed by atoms with E-state index >= 15 is 0 Å². The molecular formula is C22H20N8O3S. The highest BCUT2D eigenvalue weighted by Crippen LogP contribution is 2.39. The first-order valence-electron chi connectivity index (χ1n) is 10.4. The molecule has 1 atom stereocenters. The van der Waals surface area contributed by atoms with Crippen molar-refractivity contribution in [2.24, 2.45) is 0 Å². The molecule has 12 heteroatoms. The summed E-state index contributed by atoms with van der Waals surface area (Å²) in [5.74, 6) is -0.728. The van der Waals surface area contributed by atoms with Gasteiger partial charge in [0.05, 0.1) is 27.4 Å². The van der Waals surface area contributed by atoms with Crippen LogP contribution < -0.4 is 21.9 Å². The first-order chi connectivity index (χ1) is 16.6. The zero-order chi connectivity index (χ0) is 23.5. The Morgan fingerprint density at radius 1 is 1.06 bits per heavy atom. The summed E-state index contributed by atoms with van der Waals surface area (Å²) in [6, 6.07) is 10.3. The summed E-state index contributed by atoms with van der Waals surface area (Å²) in [5, 5.41) is 3.34. The van der Waals surface area contributed by atoms with Gasteiger partial charge in [0.1, 0.15) is 6.33 Å². The molecule has 1 unspecified atom stereocenters. The smallest absolute Gasteiger partial charge is 0.279 e. The summed E-state index contributed by atoms with van der Waals surface area (Å²) in [6.45, 7) is 1.56. The normalized spacial score (nSPS) is 17.9. The summed E-state index contributed by atoms with van der Waals surface area (Å²) in [6.07, 6.45) is 4.66. The Hall–Kier alpha value is -4.00. The highest BCUT2D eigenvalue weighted by molar-refractivity contribution is 7.21. The lowest BCUT2D eigenvalue weighted by atomic mass is 9.90. The maximum Gasteiger partial charge on any atom is 0.279 e. The number of morpholine rings is 1. The number of aromatic nitrogens is 4. The molecule has 172 valence electrons. The van der Waals surface area contributed by atoms with Gasteiger partial charge in [0, 0.05) is 36.6 Å². The number of hydrogen-bond donors (Lipinski definition) is 4. The number of hydrazine groups is 1. The van der Waals surface area contributed by atoms with Gasteiger partial charge in [0.2, 0.25) is 5.95 Å². The van der Waals surface area contributed by atoms with Crippen LogP contribution in [-0.4, -0.2) is 51.4 Å². The Morgan fingerprint density at radius 2 is 1.82 bits per heavy atom. The van der Waals surface area contributed by atoms with Gasteiger partial charge in [-0.05, 0) is 18.2 Å². The summed E-state index contributed by atoms with van der Waals surface area (Å²) in [4.78, 5) is 42.5. The molecule has 0 spiro atoms. The second-order valence-electron chi connectivity index (χ2n) is 7.50. The number of thiophene rings is 1. The van der Waals surface area contributed by atoms with E-state index in [2.05, 4.69) is 36.1 Å². The molecule has 5 rings (SSSR count). The Morgan fingerprint density at radius 3 is 2.56 bits per heavy atom. The molecule has 4 heterocycles. The van der Waals surface area contributed by atoms with E-state index in [1.54, 1.807) is 48.8 Å². The van der Waals surface area contributed by atoms with Crippen LogP contribution in [-0.2, 0) is 10.3 Å². The van der Waals surface area contributed by atoms with Gasteiger partial charge >= 0.3 is 0 Å². The number of hydrogen-bond acceptors (Lipinski definition) is 10. The molecule has 0 radical (unpaired) electrons. The minimum absolute atomic E-state index is 0.156. The number of rotatable bonds is 4. The number of anilines is 1. The monoisotopic (exact) mass is 476 g/mol. The number of benzene rings is 1. The van der Waals surface area contributed by atoms with E-state index < -0.39 is 17.4 Å². The van der Waals surface area contributed by atoms with Gasteiger partial charge in [-0.2, -0.15) is 0 Å². The van der Waals surface area contributed by atoms with Crippen molar-refractivity contribution in [1.82, 2.24) is 36.1 Å². The highest BCUT2D eigenvalue weighted by Gasteiger charge is 2.41. The molecule has 1 saturated heterocycles. The molecule has 4 aromatic rings. The zero-order valence-corrected chi connectivity index (χ0v) is 18.6. The maximum absolute atomic E-state index is 12.8. The average molecular weight is 477 g/mol. The molecule has 1 fully saturated rings. The number of ether oxygens (including phenoxy) is 1. The van der Waals surface area contributed by atoms with Crippen LogP contribution in [0, 0.1) is 0 Å².